The summed E-state index contributed by atoms with van der Waals surface area (Å²) in [6.45, 7) is 10.7. The molecule has 1 aromatic carbocycles. The monoisotopic (exact) mass is 306 g/mol. The van der Waals surface area contributed by atoms with E-state index in [4.69, 9.17) is 11.5 Å². The Morgan fingerprint density at radius 2 is 1.68 bits per heavy atom. The molecule has 0 heterocycles. The van der Waals surface area contributed by atoms with Crippen molar-refractivity contribution in [3.63, 3.8) is 0 Å². The third-order valence-electron chi connectivity index (χ3n) is 4.10. The van der Waals surface area contributed by atoms with Crippen molar-refractivity contribution in [2.45, 2.75) is 39.2 Å². The van der Waals surface area contributed by atoms with E-state index in [1.54, 1.807) is 0 Å². The molecule has 0 radical (unpaired) electrons. The molecule has 0 aromatic heterocycles. The zero-order valence-electron chi connectivity index (χ0n) is 14.4. The van der Waals surface area contributed by atoms with E-state index in [1.165, 1.54) is 24.0 Å². The Morgan fingerprint density at radius 3 is 2.23 bits per heavy atom. The van der Waals surface area contributed by atoms with Crippen LogP contribution in [-0.2, 0) is 6.54 Å². The Labute approximate surface area is 136 Å². The molecule has 0 amide bonds. The lowest BCUT2D eigenvalue weighted by molar-refractivity contribution is 0.287. The van der Waals surface area contributed by atoms with Crippen LogP contribution in [0.25, 0.3) is 0 Å². The van der Waals surface area contributed by atoms with Gasteiger partial charge in [0, 0.05) is 45.8 Å². The van der Waals surface area contributed by atoms with Crippen LogP contribution in [0.4, 0.5) is 0 Å². The maximum absolute atomic E-state index is 5.61. The Kier molecular flexibility index (Phi) is 10.1. The minimum atomic E-state index is 0.660. The molecule has 1 aromatic rings. The van der Waals surface area contributed by atoms with E-state index >= 15 is 0 Å². The average molecular weight is 306 g/mol. The van der Waals surface area contributed by atoms with Crippen LogP contribution in [0, 0.1) is 0 Å². The van der Waals surface area contributed by atoms with E-state index < -0.39 is 0 Å². The summed E-state index contributed by atoms with van der Waals surface area (Å²) in [5.41, 5.74) is 14.0. The van der Waals surface area contributed by atoms with E-state index in [0.29, 0.717) is 19.0 Å². The molecule has 0 aliphatic rings. The Balaban J connectivity index is 2.29. The van der Waals surface area contributed by atoms with Gasteiger partial charge in [0.15, 0.2) is 0 Å². The van der Waals surface area contributed by atoms with Crippen LogP contribution in [0.15, 0.2) is 24.3 Å². The lowest BCUT2D eigenvalue weighted by Crippen LogP contribution is -2.38. The van der Waals surface area contributed by atoms with Crippen LogP contribution >= 0.6 is 0 Å². The number of nitrogens with zero attached hydrogens (tertiary/aromatic N) is 1. The van der Waals surface area contributed by atoms with E-state index in [0.717, 1.165) is 32.7 Å². The molecule has 22 heavy (non-hydrogen) atoms. The third-order valence-corrected chi connectivity index (χ3v) is 4.10. The van der Waals surface area contributed by atoms with Crippen molar-refractivity contribution < 1.29 is 0 Å². The van der Waals surface area contributed by atoms with Crippen molar-refractivity contribution in [3.05, 3.63) is 35.4 Å². The molecule has 0 aliphatic carbocycles. The summed E-state index contributed by atoms with van der Waals surface area (Å²) >= 11 is 0. The molecule has 0 saturated carbocycles. The molecule has 0 fully saturated rings. The van der Waals surface area contributed by atoms with Gasteiger partial charge in [-0.05, 0) is 23.5 Å². The highest BCUT2D eigenvalue weighted by Gasteiger charge is 2.04. The number of hydrogen-bond donors (Lipinski definition) is 3. The van der Waals surface area contributed by atoms with Crippen molar-refractivity contribution in [1.29, 1.82) is 0 Å². The first-order valence-corrected chi connectivity index (χ1v) is 8.63. The van der Waals surface area contributed by atoms with Gasteiger partial charge in [0.2, 0.25) is 0 Å². The second kappa shape index (κ2) is 11.6. The van der Waals surface area contributed by atoms with Gasteiger partial charge in [-0.2, -0.15) is 0 Å². The van der Waals surface area contributed by atoms with E-state index in [1.807, 2.05) is 0 Å². The fourth-order valence-electron chi connectivity index (χ4n) is 2.73. The first-order chi connectivity index (χ1) is 10.7. The standard InChI is InChI=1S/C18H34N4/c1-3-4-16(2)18-7-5-17(6-8-18)15-21-11-14-22(12-9-19)13-10-20/h5-8,16,21H,3-4,9-15,19-20H2,1-2H3. The van der Waals surface area contributed by atoms with E-state index in [-0.39, 0.29) is 0 Å². The lowest BCUT2D eigenvalue weighted by Gasteiger charge is -2.20. The number of hydrogen-bond acceptors (Lipinski definition) is 4. The molecule has 1 atom stereocenters. The van der Waals surface area contributed by atoms with Crippen LogP contribution in [0.5, 0.6) is 0 Å². The summed E-state index contributed by atoms with van der Waals surface area (Å²) in [6.07, 6.45) is 2.50. The topological polar surface area (TPSA) is 67.3 Å². The summed E-state index contributed by atoms with van der Waals surface area (Å²) in [5.74, 6) is 0.660. The van der Waals surface area contributed by atoms with Gasteiger partial charge in [0.05, 0.1) is 0 Å². The summed E-state index contributed by atoms with van der Waals surface area (Å²) in [5, 5.41) is 3.50. The van der Waals surface area contributed by atoms with Crippen molar-refractivity contribution in [1.82, 2.24) is 10.2 Å². The number of nitrogens with one attached hydrogen (secondary N) is 1. The molecule has 4 heteroatoms. The third kappa shape index (κ3) is 7.36. The highest BCUT2D eigenvalue weighted by atomic mass is 15.1. The quantitative estimate of drug-likeness (QED) is 0.516. The van der Waals surface area contributed by atoms with Crippen LogP contribution in [0.3, 0.4) is 0 Å². The summed E-state index contributed by atoms with van der Waals surface area (Å²) < 4.78 is 0. The highest BCUT2D eigenvalue weighted by molar-refractivity contribution is 5.24. The molecule has 0 bridgehead atoms. The van der Waals surface area contributed by atoms with Crippen molar-refractivity contribution in [2.24, 2.45) is 11.5 Å². The van der Waals surface area contributed by atoms with Gasteiger partial charge >= 0.3 is 0 Å². The van der Waals surface area contributed by atoms with E-state index in [2.05, 4.69) is 48.3 Å². The van der Waals surface area contributed by atoms with Gasteiger partial charge in [-0.1, -0.05) is 44.5 Å². The van der Waals surface area contributed by atoms with Crippen molar-refractivity contribution in [3.8, 4) is 0 Å². The van der Waals surface area contributed by atoms with Gasteiger partial charge in [0.1, 0.15) is 0 Å². The predicted octanol–water partition coefficient (Wildman–Crippen LogP) is 1.90. The second-order valence-corrected chi connectivity index (χ2v) is 6.03. The van der Waals surface area contributed by atoms with Crippen LogP contribution in [0.1, 0.15) is 43.7 Å². The van der Waals surface area contributed by atoms with Crippen LogP contribution in [-0.4, -0.2) is 44.2 Å². The average Bonchev–Trinajstić information content (AvgIpc) is 2.52. The summed E-state index contributed by atoms with van der Waals surface area (Å²) in [4.78, 5) is 2.31. The molecule has 0 aliphatic heterocycles. The zero-order chi connectivity index (χ0) is 16.2. The largest absolute Gasteiger partial charge is 0.329 e. The molecule has 5 N–H and O–H groups in total. The lowest BCUT2D eigenvalue weighted by atomic mass is 9.96. The summed E-state index contributed by atoms with van der Waals surface area (Å²) in [7, 11) is 0. The SMILES string of the molecule is CCCC(C)c1ccc(CNCCN(CCN)CCN)cc1. The van der Waals surface area contributed by atoms with Crippen molar-refractivity contribution >= 4 is 0 Å². The predicted molar refractivity (Wildman–Crippen MR) is 96.0 cm³/mol. The maximum atomic E-state index is 5.61. The fourth-order valence-corrected chi connectivity index (χ4v) is 2.73. The highest BCUT2D eigenvalue weighted by Crippen LogP contribution is 2.20. The molecular formula is C18H34N4. The molecule has 1 rings (SSSR count). The first kappa shape index (κ1) is 19.1. The molecule has 1 unspecified atom stereocenters. The molecule has 4 nitrogen and oxygen atoms in total. The maximum Gasteiger partial charge on any atom is 0.0206 e. The minimum absolute atomic E-state index is 0.660. The first-order valence-electron chi connectivity index (χ1n) is 8.63. The Hall–Kier alpha value is -0.940. The molecule has 126 valence electrons. The fraction of sp³-hybridized carbons (Fsp3) is 0.667. The normalized spacial score (nSPS) is 12.8. The smallest absolute Gasteiger partial charge is 0.0206 e. The number of nitrogens with two attached hydrogens (primary N) is 2. The molecular weight excluding hydrogens is 272 g/mol. The molecule has 0 saturated heterocycles. The van der Waals surface area contributed by atoms with Gasteiger partial charge in [-0.15, -0.1) is 0 Å². The van der Waals surface area contributed by atoms with Crippen molar-refractivity contribution in [2.75, 3.05) is 39.3 Å². The number of rotatable bonds is 12. The van der Waals surface area contributed by atoms with E-state index in [9.17, 15) is 0 Å². The Morgan fingerprint density at radius 1 is 1.05 bits per heavy atom. The van der Waals surface area contributed by atoms with Gasteiger partial charge < -0.3 is 16.8 Å². The minimum Gasteiger partial charge on any atom is -0.329 e. The summed E-state index contributed by atoms with van der Waals surface area (Å²) in [6, 6.07) is 9.02. The van der Waals surface area contributed by atoms with Gasteiger partial charge in [-0.25, -0.2) is 0 Å². The second-order valence-electron chi connectivity index (χ2n) is 6.03. The van der Waals surface area contributed by atoms with Gasteiger partial charge in [0.25, 0.3) is 0 Å². The number of benzene rings is 1. The zero-order valence-corrected chi connectivity index (χ0v) is 14.4. The van der Waals surface area contributed by atoms with Gasteiger partial charge in [-0.3, -0.25) is 4.90 Å². The van der Waals surface area contributed by atoms with Crippen LogP contribution in [0.2, 0.25) is 0 Å². The Bertz CT molecular complexity index is 371. The van der Waals surface area contributed by atoms with Crippen LogP contribution < -0.4 is 16.8 Å². The molecule has 0 spiro atoms.